The monoisotopic (exact) mass is 574 g/mol. The molecule has 2 atom stereocenters. The fourth-order valence-corrected chi connectivity index (χ4v) is 4.52. The highest BCUT2D eigenvalue weighted by atomic mass is 19.1. The van der Waals surface area contributed by atoms with Crippen LogP contribution in [0.25, 0.3) is 0 Å². The number of benzene rings is 1. The van der Waals surface area contributed by atoms with Crippen molar-refractivity contribution in [2.24, 2.45) is 5.73 Å². The van der Waals surface area contributed by atoms with E-state index in [1.165, 1.54) is 17.0 Å². The lowest BCUT2D eigenvalue weighted by atomic mass is 9.72. The molecule has 0 unspecified atom stereocenters. The van der Waals surface area contributed by atoms with Gasteiger partial charge in [0.2, 0.25) is 5.91 Å². The summed E-state index contributed by atoms with van der Waals surface area (Å²) in [6.45, 7) is 0.334. The van der Waals surface area contributed by atoms with Crippen LogP contribution >= 0.6 is 0 Å². The molecular weight excluding hydrogens is 546 g/mol. The quantitative estimate of drug-likeness (QED) is 0.102. The highest BCUT2D eigenvalue weighted by molar-refractivity contribution is 6.47. The van der Waals surface area contributed by atoms with Crippen LogP contribution in [0.3, 0.4) is 0 Å². The molecule has 0 spiro atoms. The molecule has 41 heavy (non-hydrogen) atoms. The van der Waals surface area contributed by atoms with Crippen LogP contribution < -0.4 is 21.0 Å². The summed E-state index contributed by atoms with van der Waals surface area (Å²) in [6.07, 6.45) is -0.648. The van der Waals surface area contributed by atoms with Crippen LogP contribution in [0, 0.1) is 5.82 Å². The van der Waals surface area contributed by atoms with Crippen molar-refractivity contribution in [2.75, 3.05) is 26.2 Å². The number of urea groups is 1. The molecule has 3 heterocycles. The number of imide groups is 1. The topological polar surface area (TPSA) is 228 Å². The Kier molecular flexibility index (Phi) is 9.02. The Bertz CT molecular complexity index is 1350. The molecule has 5 amide bonds. The molecule has 0 radical (unpaired) electrons. The maximum Gasteiger partial charge on any atom is 0.547 e. The Morgan fingerprint density at radius 2 is 2.00 bits per heavy atom. The zero-order valence-corrected chi connectivity index (χ0v) is 21.6. The summed E-state index contributed by atoms with van der Waals surface area (Å²) in [4.78, 5) is 57.1. The Morgan fingerprint density at radius 3 is 2.68 bits per heavy atom. The first-order chi connectivity index (χ1) is 19.5. The second-order valence-electron chi connectivity index (χ2n) is 9.37. The number of nitrogens with two attached hydrogens (primary N) is 1. The van der Waals surface area contributed by atoms with Gasteiger partial charge >= 0.3 is 25.0 Å². The van der Waals surface area contributed by atoms with Crippen molar-refractivity contribution in [3.63, 3.8) is 0 Å². The van der Waals surface area contributed by atoms with Crippen molar-refractivity contribution in [2.45, 2.75) is 31.1 Å². The number of carbonyl (C=O) groups excluding carboxylic acids is 4. The molecule has 17 heteroatoms. The molecule has 15 nitrogen and oxygen atoms in total. The van der Waals surface area contributed by atoms with Crippen molar-refractivity contribution in [3.8, 4) is 11.5 Å². The number of hydrogen-bond acceptors (Lipinski definition) is 11. The first-order valence-electron chi connectivity index (χ1n) is 12.6. The molecule has 1 aromatic carbocycles. The van der Waals surface area contributed by atoms with E-state index in [1.807, 2.05) is 0 Å². The SMILES string of the molecule is NCCCN1CCN(C(=O)N[C@@H](C(=O)N[C@H]2Cc3cccc(C(O)O)c3OB2O)c2ncc(O)cc2F)C(=O)C1=O. The number of aliphatic hydroxyl groups is 2. The van der Waals surface area contributed by atoms with Crippen LogP contribution in [0.2, 0.25) is 0 Å². The van der Waals surface area contributed by atoms with Crippen LogP contribution in [-0.4, -0.2) is 98.1 Å². The molecule has 2 aromatic rings. The van der Waals surface area contributed by atoms with Gasteiger partial charge in [-0.3, -0.25) is 24.3 Å². The minimum atomic E-state index is -1.89. The van der Waals surface area contributed by atoms with Crippen molar-refractivity contribution in [1.29, 1.82) is 0 Å². The van der Waals surface area contributed by atoms with E-state index in [1.54, 1.807) is 6.07 Å². The van der Waals surface area contributed by atoms with E-state index in [2.05, 4.69) is 15.6 Å². The van der Waals surface area contributed by atoms with Gasteiger partial charge in [0.05, 0.1) is 12.1 Å². The number of amides is 5. The first kappa shape index (κ1) is 29.7. The molecule has 1 fully saturated rings. The smallest absolute Gasteiger partial charge is 0.534 e. The molecule has 0 aliphatic carbocycles. The van der Waals surface area contributed by atoms with Gasteiger partial charge in [0, 0.05) is 31.3 Å². The molecule has 2 aliphatic heterocycles. The molecule has 1 aromatic heterocycles. The highest BCUT2D eigenvalue weighted by Gasteiger charge is 2.41. The van der Waals surface area contributed by atoms with Gasteiger partial charge in [-0.2, -0.15) is 0 Å². The van der Waals surface area contributed by atoms with Crippen LogP contribution in [-0.2, 0) is 20.8 Å². The van der Waals surface area contributed by atoms with Gasteiger partial charge < -0.3 is 46.3 Å². The zero-order chi connectivity index (χ0) is 29.8. The van der Waals surface area contributed by atoms with E-state index in [0.717, 1.165) is 6.20 Å². The van der Waals surface area contributed by atoms with Gasteiger partial charge in [-0.15, -0.1) is 0 Å². The van der Waals surface area contributed by atoms with Crippen molar-refractivity contribution >= 4 is 30.9 Å². The summed E-state index contributed by atoms with van der Waals surface area (Å²) >= 11 is 0. The fraction of sp³-hybridized carbons (Fsp3) is 0.375. The Labute approximate surface area is 232 Å². The zero-order valence-electron chi connectivity index (χ0n) is 21.6. The normalized spacial score (nSPS) is 17.7. The number of aromatic nitrogens is 1. The van der Waals surface area contributed by atoms with Gasteiger partial charge in [-0.05, 0) is 24.9 Å². The summed E-state index contributed by atoms with van der Waals surface area (Å²) in [5.41, 5.74) is 5.24. The number of carbonyl (C=O) groups is 4. The van der Waals surface area contributed by atoms with Crippen LogP contribution in [0.4, 0.5) is 9.18 Å². The first-order valence-corrected chi connectivity index (χ1v) is 12.6. The molecule has 2 aliphatic rings. The minimum Gasteiger partial charge on any atom is -0.534 e. The van der Waals surface area contributed by atoms with E-state index in [0.29, 0.717) is 29.5 Å². The van der Waals surface area contributed by atoms with Crippen LogP contribution in [0.5, 0.6) is 11.5 Å². The van der Waals surface area contributed by atoms with Gasteiger partial charge in [0.15, 0.2) is 18.1 Å². The molecular formula is C24H28BFN6O9. The number of fused-ring (bicyclic) bond motifs is 1. The molecule has 8 N–H and O–H groups in total. The summed E-state index contributed by atoms with van der Waals surface area (Å²) in [5, 5.41) is 43.9. The average molecular weight is 574 g/mol. The maximum absolute atomic E-state index is 14.8. The van der Waals surface area contributed by atoms with Gasteiger partial charge in [-0.1, -0.05) is 18.2 Å². The lowest BCUT2D eigenvalue weighted by molar-refractivity contribution is -0.153. The van der Waals surface area contributed by atoms with E-state index in [9.17, 15) is 43.9 Å². The van der Waals surface area contributed by atoms with E-state index < -0.39 is 66.4 Å². The molecule has 0 bridgehead atoms. The summed E-state index contributed by atoms with van der Waals surface area (Å²) in [5.74, 6) is -6.00. The molecule has 218 valence electrons. The predicted octanol–water partition coefficient (Wildman–Crippen LogP) is -2.18. The van der Waals surface area contributed by atoms with Gasteiger partial charge in [-0.25, -0.2) is 9.18 Å². The number of para-hydroxylation sites is 1. The van der Waals surface area contributed by atoms with E-state index in [-0.39, 0.29) is 37.4 Å². The number of hydrogen-bond donors (Lipinski definition) is 7. The van der Waals surface area contributed by atoms with Crippen molar-refractivity contribution in [3.05, 3.63) is 53.1 Å². The minimum absolute atomic E-state index is 0.00540. The summed E-state index contributed by atoms with van der Waals surface area (Å²) < 4.78 is 20.2. The number of nitrogens with zero attached hydrogens (tertiary/aromatic N) is 3. The Hall–Kier alpha value is -4.32. The third-order valence-electron chi connectivity index (χ3n) is 6.60. The number of rotatable bonds is 8. The Balaban J connectivity index is 1.55. The van der Waals surface area contributed by atoms with Crippen molar-refractivity contribution in [1.82, 2.24) is 25.4 Å². The number of piperazine rings is 1. The molecule has 1 saturated heterocycles. The van der Waals surface area contributed by atoms with E-state index >= 15 is 0 Å². The standard InChI is InChI=1S/C24H28BFN6O9/c26-15-10-13(33)11-28-17(15)18(30-24(39)32-8-7-31(6-2-5-27)21(35)22(32)36)20(34)29-16-9-12-3-1-4-14(23(37)38)19(12)41-25(16)40/h1,3-4,10-11,16,18,23,33,37-38,40H,2,5-9,27H2,(H,29,34)(H,30,39)/t16-,18+/m0/s1. The van der Waals surface area contributed by atoms with Gasteiger partial charge in [0.1, 0.15) is 17.2 Å². The molecule has 4 rings (SSSR count). The lowest BCUT2D eigenvalue weighted by Gasteiger charge is -2.34. The summed E-state index contributed by atoms with van der Waals surface area (Å²) in [6, 6.07) is 2.08. The number of aromatic hydroxyl groups is 1. The largest absolute Gasteiger partial charge is 0.547 e. The number of halogens is 1. The lowest BCUT2D eigenvalue weighted by Crippen LogP contribution is -2.60. The third kappa shape index (κ3) is 6.38. The Morgan fingerprint density at radius 1 is 1.24 bits per heavy atom. The third-order valence-corrected chi connectivity index (χ3v) is 6.60. The second kappa shape index (κ2) is 12.5. The van der Waals surface area contributed by atoms with Gasteiger partial charge in [0.25, 0.3) is 0 Å². The number of aliphatic hydroxyl groups excluding tert-OH is 1. The predicted molar refractivity (Wildman–Crippen MR) is 137 cm³/mol. The van der Waals surface area contributed by atoms with Crippen LogP contribution in [0.1, 0.15) is 35.6 Å². The van der Waals surface area contributed by atoms with E-state index in [4.69, 9.17) is 10.4 Å². The average Bonchev–Trinajstić information content (AvgIpc) is 2.92. The van der Waals surface area contributed by atoms with Crippen LogP contribution in [0.15, 0.2) is 30.5 Å². The number of nitrogens with one attached hydrogen (secondary N) is 2. The molecule has 0 saturated carbocycles. The summed E-state index contributed by atoms with van der Waals surface area (Å²) in [7, 11) is -1.68. The number of pyridine rings is 1. The fourth-order valence-electron chi connectivity index (χ4n) is 4.52. The van der Waals surface area contributed by atoms with Crippen molar-refractivity contribution < 1.29 is 48.6 Å². The maximum atomic E-state index is 14.8. The highest BCUT2D eigenvalue weighted by Crippen LogP contribution is 2.33. The second-order valence-corrected chi connectivity index (χ2v) is 9.37.